The number of hydrogen-bond donors (Lipinski definition) is 7. The van der Waals surface area contributed by atoms with Gasteiger partial charge in [0.05, 0.1) is 11.7 Å². The predicted molar refractivity (Wildman–Crippen MR) is 141 cm³/mol. The molecule has 9 N–H and O–H groups in total. The molecule has 1 aliphatic carbocycles. The largest absolute Gasteiger partial charge is 0.385 e. The summed E-state index contributed by atoms with van der Waals surface area (Å²) in [5.74, 6) is -0.206. The van der Waals surface area contributed by atoms with E-state index in [4.69, 9.17) is 11.5 Å². The first-order valence-corrected chi connectivity index (χ1v) is 13.2. The number of hydrogen-bond acceptors (Lipinski definition) is 10. The fourth-order valence-electron chi connectivity index (χ4n) is 6.34. The second-order valence-corrected chi connectivity index (χ2v) is 10.6. The first-order chi connectivity index (χ1) is 18.8. The van der Waals surface area contributed by atoms with E-state index in [0.29, 0.717) is 11.3 Å². The number of aliphatic hydroxyl groups excluding tert-OH is 1. The van der Waals surface area contributed by atoms with Gasteiger partial charge in [-0.2, -0.15) is 5.10 Å². The van der Waals surface area contributed by atoms with Crippen molar-refractivity contribution in [2.75, 3.05) is 13.1 Å². The topological polar surface area (TPSA) is 198 Å². The van der Waals surface area contributed by atoms with Crippen LogP contribution < -0.4 is 32.4 Å². The van der Waals surface area contributed by atoms with Crippen molar-refractivity contribution in [3.63, 3.8) is 0 Å². The van der Waals surface area contributed by atoms with Gasteiger partial charge in [-0.05, 0) is 61.9 Å². The molecular formula is C26H33N10O3+. The fourth-order valence-corrected chi connectivity index (χ4v) is 6.34. The van der Waals surface area contributed by atoms with Gasteiger partial charge in [0.25, 0.3) is 11.8 Å². The Morgan fingerprint density at radius 1 is 1.18 bits per heavy atom. The lowest BCUT2D eigenvalue weighted by Crippen LogP contribution is -2.88. The number of nitrogens with two attached hydrogens (primary N) is 2. The Morgan fingerprint density at radius 2 is 2.00 bits per heavy atom. The van der Waals surface area contributed by atoms with Crippen LogP contribution >= 0.6 is 0 Å². The van der Waals surface area contributed by atoms with Crippen molar-refractivity contribution in [3.8, 4) is 0 Å². The number of benzene rings is 1. The van der Waals surface area contributed by atoms with E-state index in [9.17, 15) is 14.7 Å². The molecule has 3 aliphatic heterocycles. The number of guanidine groups is 2. The average Bonchev–Trinajstić information content (AvgIpc) is 3.43. The van der Waals surface area contributed by atoms with E-state index in [1.54, 1.807) is 24.0 Å². The zero-order chi connectivity index (χ0) is 27.3. The highest BCUT2D eigenvalue weighted by Gasteiger charge is 2.68. The molecular weight excluding hydrogens is 500 g/mol. The highest BCUT2D eigenvalue weighted by Crippen LogP contribution is 2.35. The molecule has 6 rings (SSSR count). The molecule has 5 atom stereocenters. The summed E-state index contributed by atoms with van der Waals surface area (Å²) < 4.78 is 0. The van der Waals surface area contributed by atoms with Crippen LogP contribution in [0, 0.1) is 6.92 Å². The number of aliphatic hydroxyl groups is 1. The maximum Gasteiger partial charge on any atom is 0.343 e. The third kappa shape index (κ3) is 4.13. The van der Waals surface area contributed by atoms with Gasteiger partial charge in [-0.1, -0.05) is 12.1 Å². The second-order valence-electron chi connectivity index (χ2n) is 10.6. The number of carbonyl (C=O) groups excluding carboxylic acids is 2. The smallest absolute Gasteiger partial charge is 0.343 e. The highest BCUT2D eigenvalue weighted by atomic mass is 16.3. The maximum absolute atomic E-state index is 13.4. The van der Waals surface area contributed by atoms with Gasteiger partial charge in [-0.15, -0.1) is 5.10 Å². The van der Waals surface area contributed by atoms with Crippen LogP contribution in [0.4, 0.5) is 0 Å². The van der Waals surface area contributed by atoms with Crippen LogP contribution in [0.15, 0.2) is 35.3 Å². The molecule has 1 aromatic heterocycles. The van der Waals surface area contributed by atoms with Crippen LogP contribution in [0.5, 0.6) is 0 Å². The minimum absolute atomic E-state index is 0.108. The third-order valence-corrected chi connectivity index (χ3v) is 8.20. The summed E-state index contributed by atoms with van der Waals surface area (Å²) in [6.07, 6.45) is 2.91. The van der Waals surface area contributed by atoms with Gasteiger partial charge >= 0.3 is 5.96 Å². The average molecular weight is 534 g/mol. The summed E-state index contributed by atoms with van der Waals surface area (Å²) in [4.78, 5) is 35.6. The van der Waals surface area contributed by atoms with Crippen molar-refractivity contribution < 1.29 is 19.7 Å². The molecule has 4 aliphatic rings. The maximum atomic E-state index is 13.4. The standard InChI is InChI=1S/C26H32N10O3/c1-13-9-10-17(35-34-13)23(39)29-11-18-20-26(33-24(27)32-20)21(37)19(12-36(26)25(28)31-18)30-22(38)16-8-4-6-14-5-2-3-7-15(14)16/h4,6,8-10,18-21,37H,2-3,5,7,11-12H2,1H3,(H2,28,31)(H,29,39)(H,30,38)(H3,27,32,33)/p+1/t18-,19?,20-,21+,26-/m0/s1. The van der Waals surface area contributed by atoms with Crippen molar-refractivity contribution >= 4 is 23.7 Å². The lowest BCUT2D eigenvalue weighted by molar-refractivity contribution is -0.513. The van der Waals surface area contributed by atoms with Crippen molar-refractivity contribution in [1.82, 2.24) is 31.0 Å². The number of carbonyl (C=O) groups is 2. The molecule has 2 aromatic rings. The number of nitrogens with one attached hydrogen (secondary N) is 4. The third-order valence-electron chi connectivity index (χ3n) is 8.20. The fraction of sp³-hybridized carbons (Fsp3) is 0.462. The highest BCUT2D eigenvalue weighted by molar-refractivity contribution is 5.96. The summed E-state index contributed by atoms with van der Waals surface area (Å²) in [6, 6.07) is 7.36. The quantitative estimate of drug-likeness (QED) is 0.205. The van der Waals surface area contributed by atoms with Gasteiger partial charge in [-0.25, -0.2) is 10.3 Å². The lowest BCUT2D eigenvalue weighted by Gasteiger charge is -2.43. The molecule has 13 heteroatoms. The summed E-state index contributed by atoms with van der Waals surface area (Å²) in [7, 11) is 0. The van der Waals surface area contributed by atoms with Crippen molar-refractivity contribution in [1.29, 1.82) is 0 Å². The monoisotopic (exact) mass is 533 g/mol. The number of rotatable bonds is 5. The molecule has 0 saturated carbocycles. The molecule has 1 spiro atoms. The minimum atomic E-state index is -1.16. The van der Waals surface area contributed by atoms with E-state index >= 15 is 0 Å². The van der Waals surface area contributed by atoms with Gasteiger partial charge in [0.15, 0.2) is 17.7 Å². The van der Waals surface area contributed by atoms with Crippen molar-refractivity contribution in [2.24, 2.45) is 16.5 Å². The van der Waals surface area contributed by atoms with E-state index in [1.165, 1.54) is 5.56 Å². The van der Waals surface area contributed by atoms with Crippen molar-refractivity contribution in [3.05, 3.63) is 58.4 Å². The van der Waals surface area contributed by atoms with Gasteiger partial charge < -0.3 is 26.4 Å². The Balaban J connectivity index is 1.22. The molecule has 13 nitrogen and oxygen atoms in total. The molecule has 1 fully saturated rings. The van der Waals surface area contributed by atoms with E-state index in [2.05, 4.69) is 42.2 Å². The molecule has 1 saturated heterocycles. The second kappa shape index (κ2) is 9.49. The molecule has 39 heavy (non-hydrogen) atoms. The lowest BCUT2D eigenvalue weighted by atomic mass is 9.87. The number of aromatic nitrogens is 2. The number of nitrogens with zero attached hydrogens (tertiary/aromatic N) is 4. The Labute approximate surface area is 225 Å². The SMILES string of the molecule is Cc1ccc(C(=O)NC[C@@H]2N=C(N)N3CC(NC(=O)c4cccc5c4CCCC5)[C@@H](O)[C@@]34NC(N)=[NH+][C@@H]24)nn1. The van der Waals surface area contributed by atoms with E-state index in [0.717, 1.165) is 31.2 Å². The number of fused-ring (bicyclic) bond motifs is 1. The summed E-state index contributed by atoms with van der Waals surface area (Å²) in [5.41, 5.74) is 15.2. The molecule has 0 radical (unpaired) electrons. The van der Waals surface area contributed by atoms with E-state index < -0.39 is 35.8 Å². The van der Waals surface area contributed by atoms with Gasteiger partial charge in [0.1, 0.15) is 12.1 Å². The predicted octanol–water partition coefficient (Wildman–Crippen LogP) is -3.37. The first-order valence-electron chi connectivity index (χ1n) is 13.2. The van der Waals surface area contributed by atoms with Crippen LogP contribution in [0.3, 0.4) is 0 Å². The van der Waals surface area contributed by atoms with Gasteiger partial charge in [0.2, 0.25) is 5.66 Å². The summed E-state index contributed by atoms with van der Waals surface area (Å²) in [6.45, 7) is 2.13. The Kier molecular flexibility index (Phi) is 6.09. The molecule has 1 unspecified atom stereocenters. The Hall–Kier alpha value is -4.26. The van der Waals surface area contributed by atoms with Crippen LogP contribution in [0.2, 0.25) is 0 Å². The van der Waals surface area contributed by atoms with E-state index in [1.807, 2.05) is 12.1 Å². The number of aryl methyl sites for hydroxylation is 2. The molecule has 2 amide bonds. The van der Waals surface area contributed by atoms with Crippen LogP contribution in [0.1, 0.15) is 50.5 Å². The number of aliphatic imine (C=N–C) groups is 1. The van der Waals surface area contributed by atoms with Crippen LogP contribution in [-0.2, 0) is 12.8 Å². The summed E-state index contributed by atoms with van der Waals surface area (Å²) >= 11 is 0. The normalized spacial score (nSPS) is 28.8. The minimum Gasteiger partial charge on any atom is -0.385 e. The van der Waals surface area contributed by atoms with Gasteiger partial charge in [0, 0.05) is 18.7 Å². The summed E-state index contributed by atoms with van der Waals surface area (Å²) in [5, 5.41) is 28.6. The van der Waals surface area contributed by atoms with E-state index in [-0.39, 0.29) is 36.6 Å². The Bertz CT molecular complexity index is 1380. The van der Waals surface area contributed by atoms with Crippen LogP contribution in [0.25, 0.3) is 0 Å². The van der Waals surface area contributed by atoms with Gasteiger partial charge in [-0.3, -0.25) is 20.3 Å². The van der Waals surface area contributed by atoms with Crippen LogP contribution in [-0.4, -0.2) is 86.9 Å². The first kappa shape index (κ1) is 25.0. The zero-order valence-corrected chi connectivity index (χ0v) is 21.6. The molecule has 204 valence electrons. The Morgan fingerprint density at radius 3 is 2.79 bits per heavy atom. The molecule has 4 heterocycles. The molecule has 0 bridgehead atoms. The zero-order valence-electron chi connectivity index (χ0n) is 21.6. The molecule has 1 aromatic carbocycles. The number of amides is 2. The van der Waals surface area contributed by atoms with Crippen molar-refractivity contribution in [2.45, 2.75) is 62.5 Å².